The zero-order valence-corrected chi connectivity index (χ0v) is 80.5. The number of rotatable bonds is 66. The summed E-state index contributed by atoms with van der Waals surface area (Å²) in [6.45, 7) is 17.8. The van der Waals surface area contributed by atoms with Crippen molar-refractivity contribution in [3.63, 3.8) is 0 Å². The van der Waals surface area contributed by atoms with Gasteiger partial charge in [0.2, 0.25) is 0 Å². The lowest BCUT2D eigenvalue weighted by Crippen LogP contribution is -2.11. The van der Waals surface area contributed by atoms with Gasteiger partial charge in [-0.1, -0.05) is 153 Å². The Morgan fingerprint density at radius 3 is 0.457 bits per heavy atom. The van der Waals surface area contributed by atoms with E-state index in [1.807, 2.05) is 146 Å². The van der Waals surface area contributed by atoms with Crippen LogP contribution in [0.3, 0.4) is 0 Å². The fourth-order valence-corrected chi connectivity index (χ4v) is 14.1. The van der Waals surface area contributed by atoms with Gasteiger partial charge in [0.05, 0.1) is 153 Å². The molecule has 0 N–H and O–H groups in total. The number of esters is 6. The number of hydrogen-bond donors (Lipinski definition) is 0. The fraction of sp³-hybridized carbons (Fsp3) is 0.368. The Hall–Kier alpha value is -14.2. The molecule has 0 amide bonds. The van der Waals surface area contributed by atoms with Gasteiger partial charge in [-0.15, -0.1) is 0 Å². The van der Waals surface area contributed by atoms with E-state index in [2.05, 4.69) is 41.5 Å². The molecular formula is C114H132O24. The van der Waals surface area contributed by atoms with Gasteiger partial charge in [-0.25, -0.2) is 28.8 Å². The second-order valence-electron chi connectivity index (χ2n) is 32.8. The first-order chi connectivity index (χ1) is 67.7. The molecule has 0 aliphatic carbocycles. The number of fused-ring (bicyclic) bond motifs is 6. The largest absolute Gasteiger partial charge is 0.501 e. The average molecular weight is 1890 g/mol. The first-order valence-electron chi connectivity index (χ1n) is 48.5. The maximum absolute atomic E-state index is 14.4. The lowest BCUT2D eigenvalue weighted by molar-refractivity contribution is -0.131. The number of unbranched alkanes of at least 4 members (excludes halogenated alkanes) is 6. The molecule has 10 aromatic carbocycles. The Morgan fingerprint density at radius 2 is 0.326 bits per heavy atom. The van der Waals surface area contributed by atoms with Gasteiger partial charge < -0.3 is 85.3 Å². The molecule has 0 atom stereocenters. The molecule has 0 bridgehead atoms. The molecular weight excluding hydrogens is 1750 g/mol. The van der Waals surface area contributed by atoms with E-state index in [1.54, 1.807) is 0 Å². The molecule has 0 saturated heterocycles. The monoisotopic (exact) mass is 1880 g/mol. The van der Waals surface area contributed by atoms with Gasteiger partial charge in [0.1, 0.15) is 34.5 Å². The summed E-state index contributed by atoms with van der Waals surface area (Å²) in [5.74, 6) is -2.78. The maximum Gasteiger partial charge on any atom is 0.339 e. The molecule has 0 aromatic heterocycles. The summed E-state index contributed by atoms with van der Waals surface area (Å²) in [4.78, 5) is 86.1. The Kier molecular flexibility index (Phi) is 47.4. The van der Waals surface area contributed by atoms with Gasteiger partial charge in [-0.05, 0) is 290 Å². The second kappa shape index (κ2) is 61.8. The fourth-order valence-electron chi connectivity index (χ4n) is 14.1. The smallest absolute Gasteiger partial charge is 0.339 e. The van der Waals surface area contributed by atoms with Gasteiger partial charge in [0.15, 0.2) is 34.5 Å². The van der Waals surface area contributed by atoms with Crippen molar-refractivity contribution in [2.24, 2.45) is 0 Å². The minimum Gasteiger partial charge on any atom is -0.501 e. The van der Waals surface area contributed by atoms with E-state index in [-0.39, 0.29) is 106 Å². The number of ether oxygens (including phenoxy) is 18. The van der Waals surface area contributed by atoms with Crippen LogP contribution in [0.2, 0.25) is 0 Å². The van der Waals surface area contributed by atoms with E-state index < -0.39 is 35.8 Å². The molecule has 10 aromatic rings. The van der Waals surface area contributed by atoms with Crippen molar-refractivity contribution in [3.8, 4) is 69.0 Å². The summed E-state index contributed by atoms with van der Waals surface area (Å²) in [5.41, 5.74) is 6.40. The first-order valence-corrected chi connectivity index (χ1v) is 48.5. The standard InChI is InChI=1S/C114H132O24/c1-7-13-67-127-91-43-31-85(32-44-91)25-19-61-121-73-55-109(115)133-103-79-97-98(80-104(103)134-110(116)56-74-122-62-20-26-86-33-45-92(46-34-86)128-68-14-8-2)100-82-106(136-112(118)58-76-124-64-22-28-88-37-49-94(50-38-88)130-70-16-10-4)108(138-114(120)60-78-126-66-24-30-90-41-53-96(54-42-90)132-72-18-12-6)84-102(100)101-83-107(137-113(119)59-77-125-65-23-29-89-39-51-95(52-40-89)131-71-17-11-5)105(81-99(97)101)135-111(117)57-75-123-63-21-27-87-35-47-93(48-36-87)129-69-15-9-3/h31-60,73-84H,7-30,61-72H2,1-6H3/b73-55+,74-56+,75-57+,76-58+,77-59+,78-60+. The van der Waals surface area contributed by atoms with Crippen LogP contribution in [0.5, 0.6) is 69.0 Å². The van der Waals surface area contributed by atoms with Crippen molar-refractivity contribution in [2.45, 2.75) is 196 Å². The van der Waals surface area contributed by atoms with Crippen LogP contribution in [0, 0.1) is 0 Å². The third kappa shape index (κ3) is 38.9. The predicted octanol–water partition coefficient (Wildman–Crippen LogP) is 24.6. The molecule has 0 saturated carbocycles. The zero-order chi connectivity index (χ0) is 97.2. The molecule has 0 fully saturated rings. The Bertz CT molecular complexity index is 4650. The van der Waals surface area contributed by atoms with E-state index in [0.717, 1.165) is 181 Å². The maximum atomic E-state index is 14.4. The molecule has 0 radical (unpaired) electrons. The average Bonchev–Trinajstić information content (AvgIpc) is 0.721. The van der Waals surface area contributed by atoms with Crippen LogP contribution in [0.4, 0.5) is 0 Å². The summed E-state index contributed by atoms with van der Waals surface area (Å²) >= 11 is 0. The van der Waals surface area contributed by atoms with E-state index in [1.165, 1.54) is 74.0 Å². The van der Waals surface area contributed by atoms with Gasteiger partial charge in [0.25, 0.3) is 0 Å². The lowest BCUT2D eigenvalue weighted by atomic mass is 9.93. The van der Waals surface area contributed by atoms with Crippen LogP contribution >= 0.6 is 0 Å². The van der Waals surface area contributed by atoms with Crippen molar-refractivity contribution in [3.05, 3.63) is 289 Å². The van der Waals surface area contributed by atoms with Crippen molar-refractivity contribution >= 4 is 68.1 Å². The molecule has 732 valence electrons. The summed E-state index contributed by atoms with van der Waals surface area (Å²) in [7, 11) is 0. The summed E-state index contributed by atoms with van der Waals surface area (Å²) in [6, 6.07) is 55.8. The molecule has 10 rings (SSSR count). The van der Waals surface area contributed by atoms with Gasteiger partial charge in [0, 0.05) is 0 Å². The molecule has 0 aliphatic heterocycles. The molecule has 0 heterocycles. The number of aryl methyl sites for hydroxylation is 6. The minimum absolute atomic E-state index is 0.218. The SMILES string of the molecule is CCCCOc1ccc(CCCO/C=C/C(=O)Oc2cc3c4cc(OC(=O)/C=C/OCCCc5ccc(OCCCC)cc5)c(OC(=O)/C=C/OCCCc5ccc(OCCCC)cc5)cc4c4cc(OC(=O)/C=C/OCCCc5ccc(OCCCC)cc5)c(OC(=O)/C=C/OCCCc5ccc(OCCCC)cc5)cc4c3cc2OC(=O)/C=C/OCCCc2ccc(OCCCC)cc2)cc1. The van der Waals surface area contributed by atoms with E-state index in [4.69, 9.17) is 85.3 Å². The van der Waals surface area contributed by atoms with Gasteiger partial charge in [-0.3, -0.25) is 0 Å². The quantitative estimate of drug-likeness (QED) is 0.00855. The van der Waals surface area contributed by atoms with Crippen LogP contribution in [0.1, 0.15) is 190 Å². The Morgan fingerprint density at radius 1 is 0.188 bits per heavy atom. The van der Waals surface area contributed by atoms with Crippen molar-refractivity contribution in [1.29, 1.82) is 0 Å². The molecule has 24 nitrogen and oxygen atoms in total. The lowest BCUT2D eigenvalue weighted by Gasteiger charge is -2.18. The zero-order valence-electron chi connectivity index (χ0n) is 80.5. The summed E-state index contributed by atoms with van der Waals surface area (Å²) in [5, 5.41) is 1.31. The molecule has 24 heteroatoms. The van der Waals surface area contributed by atoms with Crippen LogP contribution in [-0.4, -0.2) is 115 Å². The van der Waals surface area contributed by atoms with E-state index in [0.29, 0.717) is 117 Å². The highest BCUT2D eigenvalue weighted by atomic mass is 16.6. The number of carbonyl (C=O) groups is 6. The van der Waals surface area contributed by atoms with Crippen LogP contribution < -0.4 is 56.8 Å². The second-order valence-corrected chi connectivity index (χ2v) is 32.8. The highest BCUT2D eigenvalue weighted by Crippen LogP contribution is 2.48. The van der Waals surface area contributed by atoms with Gasteiger partial charge >= 0.3 is 35.8 Å². The predicted molar refractivity (Wildman–Crippen MR) is 534 cm³/mol. The van der Waals surface area contributed by atoms with E-state index >= 15 is 0 Å². The van der Waals surface area contributed by atoms with Crippen LogP contribution in [0.15, 0.2) is 256 Å². The summed E-state index contributed by atoms with van der Waals surface area (Å²) in [6.07, 6.45) is 33.1. The van der Waals surface area contributed by atoms with E-state index in [9.17, 15) is 28.8 Å². The van der Waals surface area contributed by atoms with Crippen LogP contribution in [0.25, 0.3) is 32.3 Å². The Labute approximate surface area is 811 Å². The number of benzene rings is 10. The van der Waals surface area contributed by atoms with Crippen molar-refractivity contribution in [1.82, 2.24) is 0 Å². The highest BCUT2D eigenvalue weighted by molar-refractivity contribution is 6.27. The number of hydrogen-bond acceptors (Lipinski definition) is 24. The van der Waals surface area contributed by atoms with Crippen LogP contribution in [-0.2, 0) is 95.7 Å². The molecule has 0 aliphatic rings. The molecule has 0 spiro atoms. The van der Waals surface area contributed by atoms with Crippen molar-refractivity contribution in [2.75, 3.05) is 79.3 Å². The third-order valence-corrected chi connectivity index (χ3v) is 21.7. The van der Waals surface area contributed by atoms with Crippen molar-refractivity contribution < 1.29 is 114 Å². The Balaban J connectivity index is 1.03. The van der Waals surface area contributed by atoms with Gasteiger partial charge in [-0.2, -0.15) is 0 Å². The topological polar surface area (TPSA) is 269 Å². The third-order valence-electron chi connectivity index (χ3n) is 21.7. The molecule has 0 unspecified atom stereocenters. The first kappa shape index (κ1) is 106. The minimum atomic E-state index is -0.951. The highest BCUT2D eigenvalue weighted by Gasteiger charge is 2.25. The molecule has 138 heavy (non-hydrogen) atoms. The summed E-state index contributed by atoms with van der Waals surface area (Å²) < 4.78 is 107. The number of carbonyl (C=O) groups excluding carboxylic acids is 6. The normalized spacial score (nSPS) is 11.4.